The van der Waals surface area contributed by atoms with E-state index in [0.717, 1.165) is 48.2 Å². The van der Waals surface area contributed by atoms with Crippen LogP contribution in [0.25, 0.3) is 0 Å². The Morgan fingerprint density at radius 1 is 1.06 bits per heavy atom. The van der Waals surface area contributed by atoms with E-state index in [1.165, 1.54) is 17.0 Å². The van der Waals surface area contributed by atoms with Gasteiger partial charge in [-0.1, -0.05) is 56.5 Å². The molecule has 196 valence electrons. The largest absolute Gasteiger partial charge is 0.352 e. The highest BCUT2D eigenvalue weighted by Gasteiger charge is 2.31. The van der Waals surface area contributed by atoms with Crippen LogP contribution in [-0.4, -0.2) is 50.0 Å². The number of amides is 2. The van der Waals surface area contributed by atoms with Crippen LogP contribution in [0, 0.1) is 5.82 Å². The lowest BCUT2D eigenvalue weighted by Crippen LogP contribution is -2.53. The molecule has 0 spiro atoms. The third-order valence-electron chi connectivity index (χ3n) is 6.71. The number of benzene rings is 2. The fourth-order valence-electron chi connectivity index (χ4n) is 4.59. The zero-order valence-corrected chi connectivity index (χ0v) is 22.1. The number of nitrogens with zero attached hydrogens (tertiary/aromatic N) is 2. The van der Waals surface area contributed by atoms with E-state index in [0.29, 0.717) is 17.7 Å². The number of hydrogen-bond acceptors (Lipinski definition) is 4. The van der Waals surface area contributed by atoms with Crippen LogP contribution in [0.5, 0.6) is 0 Å². The monoisotopic (exact) mass is 517 g/mol. The van der Waals surface area contributed by atoms with Gasteiger partial charge < -0.3 is 10.2 Å². The lowest BCUT2D eigenvalue weighted by molar-refractivity contribution is -0.139. The first kappa shape index (κ1) is 27.6. The Kier molecular flexibility index (Phi) is 9.48. The van der Waals surface area contributed by atoms with Crippen LogP contribution in [0.3, 0.4) is 0 Å². The molecule has 0 unspecified atom stereocenters. The Morgan fingerprint density at radius 2 is 1.69 bits per heavy atom. The Morgan fingerprint density at radius 3 is 2.31 bits per heavy atom. The quantitative estimate of drug-likeness (QED) is 0.516. The maximum Gasteiger partial charge on any atom is 0.244 e. The van der Waals surface area contributed by atoms with Crippen LogP contribution in [0.2, 0.25) is 0 Å². The number of para-hydroxylation sites is 1. The van der Waals surface area contributed by atoms with Gasteiger partial charge >= 0.3 is 0 Å². The Balaban J connectivity index is 1.89. The van der Waals surface area contributed by atoms with Crippen molar-refractivity contribution in [3.8, 4) is 0 Å². The Hall–Kier alpha value is -2.94. The summed E-state index contributed by atoms with van der Waals surface area (Å²) in [5.74, 6) is -1.20. The van der Waals surface area contributed by atoms with E-state index in [-0.39, 0.29) is 18.5 Å². The molecule has 36 heavy (non-hydrogen) atoms. The van der Waals surface area contributed by atoms with Gasteiger partial charge in [0.2, 0.25) is 21.8 Å². The molecule has 2 amide bonds. The lowest BCUT2D eigenvalue weighted by Gasteiger charge is -2.33. The molecule has 1 atom stereocenters. The molecule has 7 nitrogen and oxygen atoms in total. The van der Waals surface area contributed by atoms with Crippen LogP contribution < -0.4 is 9.62 Å². The molecule has 2 aromatic carbocycles. The summed E-state index contributed by atoms with van der Waals surface area (Å²) in [5, 5.41) is 3.06. The second-order valence-corrected chi connectivity index (χ2v) is 11.3. The van der Waals surface area contributed by atoms with Gasteiger partial charge in [-0.25, -0.2) is 12.8 Å². The summed E-state index contributed by atoms with van der Waals surface area (Å²) in [5.41, 5.74) is 1.88. The van der Waals surface area contributed by atoms with E-state index in [1.807, 2.05) is 19.1 Å². The number of sulfonamides is 1. The SMILES string of the molecule is CCc1ccccc1N(CC(=O)N(Cc1ccc(F)cc1)[C@H](C)C(=O)NC1CCCCC1)S(C)(=O)=O. The van der Waals surface area contributed by atoms with Gasteiger partial charge in [-0.15, -0.1) is 0 Å². The van der Waals surface area contributed by atoms with Crippen molar-refractivity contribution in [2.45, 2.75) is 71.0 Å². The third-order valence-corrected chi connectivity index (χ3v) is 7.83. The lowest BCUT2D eigenvalue weighted by atomic mass is 9.95. The van der Waals surface area contributed by atoms with E-state index in [9.17, 15) is 22.4 Å². The van der Waals surface area contributed by atoms with Crippen molar-refractivity contribution in [2.75, 3.05) is 17.1 Å². The van der Waals surface area contributed by atoms with E-state index < -0.39 is 34.3 Å². The highest BCUT2D eigenvalue weighted by molar-refractivity contribution is 7.92. The molecule has 1 fully saturated rings. The molecular formula is C27H36FN3O4S. The molecule has 0 aliphatic heterocycles. The number of aryl methyl sites for hydroxylation is 1. The molecule has 3 rings (SSSR count). The van der Waals surface area contributed by atoms with Crippen molar-refractivity contribution in [3.05, 3.63) is 65.5 Å². The number of halogens is 1. The van der Waals surface area contributed by atoms with Gasteiger partial charge in [0.25, 0.3) is 0 Å². The van der Waals surface area contributed by atoms with Gasteiger partial charge in [0.1, 0.15) is 18.4 Å². The minimum absolute atomic E-state index is 0.0470. The molecule has 1 N–H and O–H groups in total. The summed E-state index contributed by atoms with van der Waals surface area (Å²) in [7, 11) is -3.79. The van der Waals surface area contributed by atoms with Crippen LogP contribution >= 0.6 is 0 Å². The van der Waals surface area contributed by atoms with E-state index in [1.54, 1.807) is 31.2 Å². The zero-order valence-electron chi connectivity index (χ0n) is 21.2. The van der Waals surface area contributed by atoms with Crippen LogP contribution in [-0.2, 0) is 32.6 Å². The fourth-order valence-corrected chi connectivity index (χ4v) is 5.47. The molecule has 1 aliphatic rings. The van der Waals surface area contributed by atoms with Crippen molar-refractivity contribution >= 4 is 27.5 Å². The smallest absolute Gasteiger partial charge is 0.244 e. The number of carbonyl (C=O) groups is 2. The van der Waals surface area contributed by atoms with Crippen LogP contribution in [0.4, 0.5) is 10.1 Å². The first-order chi connectivity index (χ1) is 17.1. The average molecular weight is 518 g/mol. The van der Waals surface area contributed by atoms with Gasteiger partial charge in [0, 0.05) is 12.6 Å². The molecule has 0 bridgehead atoms. The van der Waals surface area contributed by atoms with E-state index >= 15 is 0 Å². The summed E-state index contributed by atoms with van der Waals surface area (Å²) in [4.78, 5) is 28.2. The minimum Gasteiger partial charge on any atom is -0.352 e. The summed E-state index contributed by atoms with van der Waals surface area (Å²) in [6.45, 7) is 3.16. The molecule has 0 aromatic heterocycles. The van der Waals surface area contributed by atoms with Crippen molar-refractivity contribution in [1.82, 2.24) is 10.2 Å². The molecular weight excluding hydrogens is 481 g/mol. The van der Waals surface area contributed by atoms with Crippen LogP contribution in [0.1, 0.15) is 57.1 Å². The van der Waals surface area contributed by atoms with Crippen molar-refractivity contribution in [3.63, 3.8) is 0 Å². The second kappa shape index (κ2) is 12.3. The maximum atomic E-state index is 13.6. The second-order valence-electron chi connectivity index (χ2n) is 9.42. The summed E-state index contributed by atoms with van der Waals surface area (Å²) in [6, 6.07) is 12.0. The topological polar surface area (TPSA) is 86.8 Å². The zero-order chi connectivity index (χ0) is 26.3. The molecule has 0 heterocycles. The molecule has 9 heteroatoms. The van der Waals surface area contributed by atoms with Gasteiger partial charge in [0.15, 0.2) is 0 Å². The van der Waals surface area contributed by atoms with Gasteiger partial charge in [-0.2, -0.15) is 0 Å². The Labute approximate surface area is 213 Å². The van der Waals surface area contributed by atoms with Crippen LogP contribution in [0.15, 0.2) is 48.5 Å². The van der Waals surface area contributed by atoms with Gasteiger partial charge in [0.05, 0.1) is 11.9 Å². The highest BCUT2D eigenvalue weighted by atomic mass is 32.2. The molecule has 1 aliphatic carbocycles. The first-order valence-electron chi connectivity index (χ1n) is 12.5. The standard InChI is InChI=1S/C27H36FN3O4S/c1-4-22-10-8-9-13-25(22)31(36(3,34)35)19-26(32)30(18-21-14-16-23(28)17-15-21)20(2)27(33)29-24-11-6-5-7-12-24/h8-10,13-17,20,24H,4-7,11-12,18-19H2,1-3H3,(H,29,33)/t20-/m1/s1. The number of nitrogens with one attached hydrogen (secondary N) is 1. The predicted octanol–water partition coefficient (Wildman–Crippen LogP) is 4.02. The first-order valence-corrected chi connectivity index (χ1v) is 14.3. The van der Waals surface area contributed by atoms with Crippen molar-refractivity contribution in [1.29, 1.82) is 0 Å². The highest BCUT2D eigenvalue weighted by Crippen LogP contribution is 2.24. The number of carbonyl (C=O) groups excluding carboxylic acids is 2. The molecule has 1 saturated carbocycles. The van der Waals surface area contributed by atoms with Crippen molar-refractivity contribution < 1.29 is 22.4 Å². The summed E-state index contributed by atoms with van der Waals surface area (Å²) < 4.78 is 40.1. The van der Waals surface area contributed by atoms with E-state index in [2.05, 4.69) is 5.32 Å². The molecule has 0 saturated heterocycles. The third kappa shape index (κ3) is 7.29. The van der Waals surface area contributed by atoms with Gasteiger partial charge in [-0.05, 0) is 55.5 Å². The Bertz CT molecular complexity index is 1150. The number of rotatable bonds is 10. The van der Waals surface area contributed by atoms with Gasteiger partial charge in [-0.3, -0.25) is 13.9 Å². The number of anilines is 1. The summed E-state index contributed by atoms with van der Waals surface area (Å²) >= 11 is 0. The average Bonchev–Trinajstić information content (AvgIpc) is 2.86. The number of hydrogen-bond donors (Lipinski definition) is 1. The molecule has 2 aromatic rings. The predicted molar refractivity (Wildman–Crippen MR) is 139 cm³/mol. The molecule has 0 radical (unpaired) electrons. The fraction of sp³-hybridized carbons (Fsp3) is 0.481. The van der Waals surface area contributed by atoms with Crippen molar-refractivity contribution in [2.24, 2.45) is 0 Å². The minimum atomic E-state index is -3.79. The normalized spacial score (nSPS) is 15.2. The maximum absolute atomic E-state index is 13.6. The van der Waals surface area contributed by atoms with E-state index in [4.69, 9.17) is 0 Å². The summed E-state index contributed by atoms with van der Waals surface area (Å²) in [6.07, 6.45) is 6.72.